The highest BCUT2D eigenvalue weighted by molar-refractivity contribution is 9.10. The zero-order valence-electron chi connectivity index (χ0n) is 27.0. The van der Waals surface area contributed by atoms with E-state index in [9.17, 15) is 19.7 Å². The number of thiazole rings is 1. The molecule has 0 fully saturated rings. The van der Waals surface area contributed by atoms with Gasteiger partial charge in [0.25, 0.3) is 11.2 Å². The Hall–Kier alpha value is -4.48. The maximum Gasteiger partial charge on any atom is 0.338 e. The molecule has 18 heteroatoms. The van der Waals surface area contributed by atoms with Gasteiger partial charge in [0.05, 0.1) is 57.5 Å². The predicted octanol–water partition coefficient (Wildman–Crippen LogP) is 6.73. The highest BCUT2D eigenvalue weighted by atomic mass is 79.9. The van der Waals surface area contributed by atoms with E-state index in [-0.39, 0.29) is 32.5 Å². The molecule has 5 aromatic rings. The number of ether oxygens (including phenoxy) is 3. The molecule has 1 atom stereocenters. The van der Waals surface area contributed by atoms with Gasteiger partial charge in [0.1, 0.15) is 0 Å². The molecule has 0 amide bonds. The molecule has 0 unspecified atom stereocenters. The lowest BCUT2D eigenvalue weighted by atomic mass is 9.95. The summed E-state index contributed by atoms with van der Waals surface area (Å²) in [4.78, 5) is 48.8. The van der Waals surface area contributed by atoms with Crippen molar-refractivity contribution in [2.24, 2.45) is 4.99 Å². The number of nitrogens with one attached hydrogen (secondary N) is 1. The van der Waals surface area contributed by atoms with Gasteiger partial charge in [-0.15, -0.1) is 5.10 Å². The number of carbonyl (C=O) groups is 1. The number of fused-ring (bicyclic) bond motifs is 1. The molecule has 0 saturated heterocycles. The van der Waals surface area contributed by atoms with Crippen molar-refractivity contribution in [2.45, 2.75) is 29.9 Å². The molecule has 262 valence electrons. The fourth-order valence-electron chi connectivity index (χ4n) is 5.36. The first-order valence-electron chi connectivity index (χ1n) is 14.9. The predicted molar refractivity (Wildman–Crippen MR) is 197 cm³/mol. The first kappa shape index (κ1) is 36.3. The van der Waals surface area contributed by atoms with Crippen molar-refractivity contribution >= 4 is 80.0 Å². The van der Waals surface area contributed by atoms with Crippen LogP contribution in [0.25, 0.3) is 17.5 Å². The van der Waals surface area contributed by atoms with Crippen LogP contribution in [0.1, 0.15) is 31.0 Å². The summed E-state index contributed by atoms with van der Waals surface area (Å²) in [6.45, 7) is 3.47. The maximum atomic E-state index is 14.2. The van der Waals surface area contributed by atoms with Crippen LogP contribution in [0.15, 0.2) is 84.1 Å². The SMILES string of the molecule is CCOC(=O)C1=C(C)N=c2s/c(=C/c3ccc(Sc4n[nH]c(-c5ccc(Cl)cc5Cl)n4)c([N+](=O)[O-])c3)c(=O)n2[C@@H]1c1cc(OC)c(OC)cc1Br. The normalized spacial score (nSPS) is 14.3. The minimum Gasteiger partial charge on any atom is -0.493 e. The summed E-state index contributed by atoms with van der Waals surface area (Å²) in [5.74, 6) is 0.569. The largest absolute Gasteiger partial charge is 0.493 e. The number of allylic oxidation sites excluding steroid dienone is 1. The van der Waals surface area contributed by atoms with Gasteiger partial charge in [-0.1, -0.05) is 56.5 Å². The minimum absolute atomic E-state index is 0.112. The van der Waals surface area contributed by atoms with E-state index in [0.29, 0.717) is 59.0 Å². The molecule has 0 saturated carbocycles. The topological polar surface area (TPSA) is 164 Å². The number of H-pyrrole nitrogens is 1. The number of rotatable bonds is 10. The fraction of sp³-hybridized carbons (Fsp3) is 0.182. The third-order valence-electron chi connectivity index (χ3n) is 7.64. The molecule has 0 aliphatic carbocycles. The molecule has 2 aromatic heterocycles. The molecular weight excluding hydrogens is 807 g/mol. The molecule has 3 heterocycles. The van der Waals surface area contributed by atoms with Crippen LogP contribution in [0, 0.1) is 10.1 Å². The number of aromatic nitrogens is 4. The monoisotopic (exact) mass is 830 g/mol. The Kier molecular flexibility index (Phi) is 10.7. The van der Waals surface area contributed by atoms with Crippen LogP contribution in [-0.2, 0) is 9.53 Å². The number of nitrogens with zero attached hydrogens (tertiary/aromatic N) is 5. The Bertz CT molecular complexity index is 2450. The highest BCUT2D eigenvalue weighted by Gasteiger charge is 2.35. The van der Waals surface area contributed by atoms with Crippen molar-refractivity contribution in [1.29, 1.82) is 0 Å². The van der Waals surface area contributed by atoms with Gasteiger partial charge in [-0.2, -0.15) is 0 Å². The first-order chi connectivity index (χ1) is 24.4. The number of hydrogen-bond acceptors (Lipinski definition) is 12. The van der Waals surface area contributed by atoms with E-state index in [1.165, 1.54) is 24.9 Å². The number of benzene rings is 3. The summed E-state index contributed by atoms with van der Waals surface area (Å²) in [5.41, 5.74) is 1.36. The Labute approximate surface area is 315 Å². The van der Waals surface area contributed by atoms with E-state index < -0.39 is 22.5 Å². The summed E-state index contributed by atoms with van der Waals surface area (Å²) < 4.78 is 18.6. The standard InChI is InChI=1S/C33H25BrCl2N6O7S2/c1-5-49-31(44)27-15(2)37-33-41(28(27)19-13-23(47-3)24(48-4)14-20(19)34)30(43)26(51-33)11-16-6-9-25(22(10-16)42(45)46)50-32-38-29(39-40-32)18-8-7-17(35)12-21(18)36/h6-14,28H,5H2,1-4H3,(H,38,39,40)/b26-11+/t28-/m1/s1. The molecular formula is C33H25BrCl2N6O7S2. The maximum absolute atomic E-state index is 14.2. The van der Waals surface area contributed by atoms with Crippen LogP contribution in [0.4, 0.5) is 5.69 Å². The smallest absolute Gasteiger partial charge is 0.338 e. The number of aromatic amines is 1. The molecule has 0 spiro atoms. The van der Waals surface area contributed by atoms with Gasteiger partial charge < -0.3 is 14.2 Å². The summed E-state index contributed by atoms with van der Waals surface area (Å²) in [6, 6.07) is 11.9. The van der Waals surface area contributed by atoms with Crippen LogP contribution in [0.5, 0.6) is 11.5 Å². The number of halogens is 3. The van der Waals surface area contributed by atoms with Crippen molar-refractivity contribution in [3.05, 3.63) is 115 Å². The number of carbonyl (C=O) groups excluding carboxylic acids is 1. The van der Waals surface area contributed by atoms with Crippen LogP contribution < -0.4 is 24.4 Å². The van der Waals surface area contributed by atoms with Crippen molar-refractivity contribution in [2.75, 3.05) is 20.8 Å². The second-order valence-corrected chi connectivity index (χ2v) is 14.4. The van der Waals surface area contributed by atoms with Crippen LogP contribution in [0.3, 0.4) is 0 Å². The number of esters is 1. The van der Waals surface area contributed by atoms with Gasteiger partial charge in [-0.05, 0) is 79.2 Å². The van der Waals surface area contributed by atoms with E-state index in [4.69, 9.17) is 37.4 Å². The molecule has 1 aliphatic rings. The van der Waals surface area contributed by atoms with Crippen LogP contribution in [0.2, 0.25) is 10.0 Å². The van der Waals surface area contributed by atoms with E-state index in [2.05, 4.69) is 36.1 Å². The second-order valence-electron chi connectivity index (χ2n) is 10.7. The zero-order valence-corrected chi connectivity index (χ0v) is 31.8. The third kappa shape index (κ3) is 7.19. The van der Waals surface area contributed by atoms with Gasteiger partial charge in [0, 0.05) is 21.1 Å². The first-order valence-corrected chi connectivity index (χ1v) is 18.1. The lowest BCUT2D eigenvalue weighted by Crippen LogP contribution is -2.40. The molecule has 1 aliphatic heterocycles. The van der Waals surface area contributed by atoms with E-state index in [1.54, 1.807) is 62.4 Å². The molecule has 51 heavy (non-hydrogen) atoms. The molecule has 3 aromatic carbocycles. The second kappa shape index (κ2) is 15.0. The Morgan fingerprint density at radius 2 is 1.90 bits per heavy atom. The quantitative estimate of drug-likeness (QED) is 0.0907. The van der Waals surface area contributed by atoms with E-state index in [0.717, 1.165) is 23.1 Å². The summed E-state index contributed by atoms with van der Waals surface area (Å²) in [5, 5.41) is 20.3. The van der Waals surface area contributed by atoms with Crippen LogP contribution in [-0.4, -0.2) is 51.5 Å². The van der Waals surface area contributed by atoms with Gasteiger partial charge in [0.2, 0.25) is 5.16 Å². The van der Waals surface area contributed by atoms with Crippen molar-refractivity contribution < 1.29 is 23.9 Å². The zero-order chi connectivity index (χ0) is 36.6. The number of nitro groups is 1. The average Bonchev–Trinajstić information content (AvgIpc) is 3.67. The van der Waals surface area contributed by atoms with Gasteiger partial charge >= 0.3 is 5.97 Å². The van der Waals surface area contributed by atoms with Crippen molar-refractivity contribution in [3.8, 4) is 22.9 Å². The molecule has 0 radical (unpaired) electrons. The van der Waals surface area contributed by atoms with Crippen molar-refractivity contribution in [1.82, 2.24) is 19.7 Å². The van der Waals surface area contributed by atoms with Gasteiger partial charge in [0.15, 0.2) is 22.1 Å². The molecule has 6 rings (SSSR count). The number of nitro benzene ring substituents is 1. The van der Waals surface area contributed by atoms with E-state index >= 15 is 0 Å². The van der Waals surface area contributed by atoms with Crippen LogP contribution >= 0.6 is 62.2 Å². The third-order valence-corrected chi connectivity index (χ3v) is 10.8. The van der Waals surface area contributed by atoms with Gasteiger partial charge in [-0.3, -0.25) is 24.6 Å². The Morgan fingerprint density at radius 3 is 2.59 bits per heavy atom. The molecule has 1 N–H and O–H groups in total. The minimum atomic E-state index is -0.946. The summed E-state index contributed by atoms with van der Waals surface area (Å²) in [6.07, 6.45) is 1.54. The highest BCUT2D eigenvalue weighted by Crippen LogP contribution is 2.41. The lowest BCUT2D eigenvalue weighted by molar-refractivity contribution is -0.387. The number of methoxy groups -OCH3 is 2. The van der Waals surface area contributed by atoms with E-state index in [1.807, 2.05) is 0 Å². The van der Waals surface area contributed by atoms with Gasteiger partial charge in [-0.25, -0.2) is 14.8 Å². The summed E-state index contributed by atoms with van der Waals surface area (Å²) >= 11 is 18.0. The average molecular weight is 833 g/mol. The Balaban J connectivity index is 1.41. The van der Waals surface area contributed by atoms with Crippen molar-refractivity contribution in [3.63, 3.8) is 0 Å². The summed E-state index contributed by atoms with van der Waals surface area (Å²) in [7, 11) is 2.98. The number of hydrogen-bond donors (Lipinski definition) is 1. The fourth-order valence-corrected chi connectivity index (χ4v) is 8.24. The lowest BCUT2D eigenvalue weighted by Gasteiger charge is -2.26. The molecule has 13 nitrogen and oxygen atoms in total. The Morgan fingerprint density at radius 1 is 1.16 bits per heavy atom. The molecule has 0 bridgehead atoms.